The third kappa shape index (κ3) is 3.03. The second-order valence-electron chi connectivity index (χ2n) is 4.90. The molecule has 1 aromatic carbocycles. The van der Waals surface area contributed by atoms with Crippen LogP contribution in [-0.2, 0) is 22.4 Å². The lowest BCUT2D eigenvalue weighted by Crippen LogP contribution is -2.41. The van der Waals surface area contributed by atoms with Gasteiger partial charge in [0, 0.05) is 5.69 Å². The fourth-order valence-corrected chi connectivity index (χ4v) is 2.02. The molecule has 1 N–H and O–H groups in total. The maximum Gasteiger partial charge on any atom is 0.330 e. The topological polar surface area (TPSA) is 38.3 Å². The maximum atomic E-state index is 11.8. The minimum absolute atomic E-state index is 0.254. The lowest BCUT2D eigenvalue weighted by atomic mass is 9.99. The number of hydrogen-bond donors (Lipinski definition) is 1. The van der Waals surface area contributed by atoms with Crippen molar-refractivity contribution in [2.45, 2.75) is 46.1 Å². The molecule has 0 heterocycles. The van der Waals surface area contributed by atoms with E-state index in [-0.39, 0.29) is 5.97 Å². The van der Waals surface area contributed by atoms with E-state index in [0.29, 0.717) is 0 Å². The van der Waals surface area contributed by atoms with Crippen LogP contribution in [0.2, 0.25) is 0 Å². The SMILES string of the molecule is CCc1cccc(CC)c1NC(C)(C)C(=O)OC. The zero-order valence-electron chi connectivity index (χ0n) is 12.0. The van der Waals surface area contributed by atoms with Crippen LogP contribution in [0.15, 0.2) is 18.2 Å². The molecule has 0 saturated carbocycles. The molecule has 3 heteroatoms. The Balaban J connectivity index is 3.13. The molecule has 0 fully saturated rings. The fourth-order valence-electron chi connectivity index (χ4n) is 2.02. The van der Waals surface area contributed by atoms with Crippen molar-refractivity contribution >= 4 is 11.7 Å². The summed E-state index contributed by atoms with van der Waals surface area (Å²) in [6.07, 6.45) is 1.88. The summed E-state index contributed by atoms with van der Waals surface area (Å²) in [5, 5.41) is 3.33. The number of nitrogens with one attached hydrogen (secondary N) is 1. The molecule has 1 rings (SSSR count). The smallest absolute Gasteiger partial charge is 0.330 e. The molecule has 0 atom stereocenters. The van der Waals surface area contributed by atoms with Gasteiger partial charge in [0.05, 0.1) is 7.11 Å². The van der Waals surface area contributed by atoms with Gasteiger partial charge in [-0.25, -0.2) is 4.79 Å². The predicted octanol–water partition coefficient (Wildman–Crippen LogP) is 3.17. The zero-order valence-corrected chi connectivity index (χ0v) is 12.0. The highest BCUT2D eigenvalue weighted by molar-refractivity contribution is 5.84. The summed E-state index contributed by atoms with van der Waals surface area (Å²) in [7, 11) is 1.41. The van der Waals surface area contributed by atoms with Crippen molar-refractivity contribution < 1.29 is 9.53 Å². The number of methoxy groups -OCH3 is 1. The molecule has 0 aliphatic heterocycles. The van der Waals surface area contributed by atoms with E-state index in [1.54, 1.807) is 0 Å². The Morgan fingerprint density at radius 3 is 2.11 bits per heavy atom. The Bertz CT molecular complexity index is 402. The van der Waals surface area contributed by atoms with E-state index in [1.807, 2.05) is 13.8 Å². The predicted molar refractivity (Wildman–Crippen MR) is 74.9 cm³/mol. The second-order valence-corrected chi connectivity index (χ2v) is 4.90. The zero-order chi connectivity index (χ0) is 13.8. The summed E-state index contributed by atoms with van der Waals surface area (Å²) in [5.41, 5.74) is 2.81. The van der Waals surface area contributed by atoms with E-state index in [2.05, 4.69) is 37.4 Å². The van der Waals surface area contributed by atoms with E-state index in [0.717, 1.165) is 18.5 Å². The minimum atomic E-state index is -0.718. The number of para-hydroxylation sites is 1. The molecular weight excluding hydrogens is 226 g/mol. The Morgan fingerprint density at radius 1 is 1.22 bits per heavy atom. The first-order chi connectivity index (χ1) is 8.46. The lowest BCUT2D eigenvalue weighted by molar-refractivity contribution is -0.144. The Hall–Kier alpha value is -1.51. The number of ether oxygens (including phenoxy) is 1. The van der Waals surface area contributed by atoms with Crippen molar-refractivity contribution in [2.24, 2.45) is 0 Å². The van der Waals surface area contributed by atoms with Crippen LogP contribution in [0.5, 0.6) is 0 Å². The monoisotopic (exact) mass is 249 g/mol. The van der Waals surface area contributed by atoms with E-state index in [4.69, 9.17) is 4.74 Å². The molecule has 0 amide bonds. The molecule has 0 radical (unpaired) electrons. The number of carbonyl (C=O) groups is 1. The highest BCUT2D eigenvalue weighted by atomic mass is 16.5. The summed E-state index contributed by atoms with van der Waals surface area (Å²) >= 11 is 0. The van der Waals surface area contributed by atoms with Crippen LogP contribution in [0.1, 0.15) is 38.8 Å². The first kappa shape index (κ1) is 14.6. The van der Waals surface area contributed by atoms with Crippen LogP contribution < -0.4 is 5.32 Å². The van der Waals surface area contributed by atoms with Crippen LogP contribution in [0, 0.1) is 0 Å². The van der Waals surface area contributed by atoms with Gasteiger partial charge in [-0.15, -0.1) is 0 Å². The van der Waals surface area contributed by atoms with Gasteiger partial charge in [-0.3, -0.25) is 0 Å². The number of hydrogen-bond acceptors (Lipinski definition) is 3. The normalized spacial score (nSPS) is 11.2. The van der Waals surface area contributed by atoms with Gasteiger partial charge in [-0.05, 0) is 37.8 Å². The number of aryl methyl sites for hydroxylation is 2. The van der Waals surface area contributed by atoms with Crippen molar-refractivity contribution in [2.75, 3.05) is 12.4 Å². The van der Waals surface area contributed by atoms with Gasteiger partial charge in [0.25, 0.3) is 0 Å². The molecule has 0 spiro atoms. The maximum absolute atomic E-state index is 11.8. The van der Waals surface area contributed by atoms with Gasteiger partial charge in [-0.1, -0.05) is 32.0 Å². The molecule has 3 nitrogen and oxygen atoms in total. The van der Waals surface area contributed by atoms with Crippen LogP contribution in [-0.4, -0.2) is 18.6 Å². The molecular formula is C15H23NO2. The van der Waals surface area contributed by atoms with E-state index >= 15 is 0 Å². The number of rotatable bonds is 5. The molecule has 0 aliphatic rings. The molecule has 0 saturated heterocycles. The summed E-state index contributed by atoms with van der Waals surface area (Å²) in [5.74, 6) is -0.254. The summed E-state index contributed by atoms with van der Waals surface area (Å²) in [6.45, 7) is 7.91. The van der Waals surface area contributed by atoms with Crippen molar-refractivity contribution in [3.05, 3.63) is 29.3 Å². The number of anilines is 1. The minimum Gasteiger partial charge on any atom is -0.467 e. The fraction of sp³-hybridized carbons (Fsp3) is 0.533. The molecule has 0 aromatic heterocycles. The van der Waals surface area contributed by atoms with Crippen LogP contribution in [0.3, 0.4) is 0 Å². The van der Waals surface area contributed by atoms with Gasteiger partial charge in [0.1, 0.15) is 5.54 Å². The third-order valence-electron chi connectivity index (χ3n) is 3.13. The van der Waals surface area contributed by atoms with Crippen molar-refractivity contribution in [3.63, 3.8) is 0 Å². The molecule has 0 unspecified atom stereocenters. The van der Waals surface area contributed by atoms with Crippen molar-refractivity contribution in [3.8, 4) is 0 Å². The van der Waals surface area contributed by atoms with Gasteiger partial charge < -0.3 is 10.1 Å². The number of esters is 1. The molecule has 1 aromatic rings. The molecule has 0 aliphatic carbocycles. The Morgan fingerprint density at radius 2 is 1.72 bits per heavy atom. The van der Waals surface area contributed by atoms with Crippen LogP contribution >= 0.6 is 0 Å². The summed E-state index contributed by atoms with van der Waals surface area (Å²) in [6, 6.07) is 6.25. The number of carbonyl (C=O) groups excluding carboxylic acids is 1. The molecule has 100 valence electrons. The highest BCUT2D eigenvalue weighted by Crippen LogP contribution is 2.26. The lowest BCUT2D eigenvalue weighted by Gasteiger charge is -2.27. The van der Waals surface area contributed by atoms with Crippen LogP contribution in [0.25, 0.3) is 0 Å². The van der Waals surface area contributed by atoms with Crippen molar-refractivity contribution in [1.82, 2.24) is 0 Å². The number of benzene rings is 1. The van der Waals surface area contributed by atoms with Crippen molar-refractivity contribution in [1.29, 1.82) is 0 Å². The first-order valence-electron chi connectivity index (χ1n) is 6.43. The standard InChI is InChI=1S/C15H23NO2/c1-6-11-9-8-10-12(7-2)13(11)16-15(3,4)14(17)18-5/h8-10,16H,6-7H2,1-5H3. The highest BCUT2D eigenvalue weighted by Gasteiger charge is 2.29. The molecule has 18 heavy (non-hydrogen) atoms. The van der Waals surface area contributed by atoms with Crippen LogP contribution in [0.4, 0.5) is 5.69 Å². The van der Waals surface area contributed by atoms with Gasteiger partial charge >= 0.3 is 5.97 Å². The summed E-state index contributed by atoms with van der Waals surface area (Å²) in [4.78, 5) is 11.8. The molecule has 0 bridgehead atoms. The van der Waals surface area contributed by atoms with E-state index < -0.39 is 5.54 Å². The van der Waals surface area contributed by atoms with E-state index in [9.17, 15) is 4.79 Å². The third-order valence-corrected chi connectivity index (χ3v) is 3.13. The van der Waals surface area contributed by atoms with Gasteiger partial charge in [0.15, 0.2) is 0 Å². The quantitative estimate of drug-likeness (QED) is 0.815. The van der Waals surface area contributed by atoms with Gasteiger partial charge in [0.2, 0.25) is 0 Å². The first-order valence-corrected chi connectivity index (χ1v) is 6.43. The Kier molecular flexibility index (Phi) is 4.76. The largest absolute Gasteiger partial charge is 0.467 e. The van der Waals surface area contributed by atoms with Gasteiger partial charge in [-0.2, -0.15) is 0 Å². The second kappa shape index (κ2) is 5.89. The summed E-state index contributed by atoms with van der Waals surface area (Å²) < 4.78 is 4.83. The average molecular weight is 249 g/mol. The Labute approximate surface area is 110 Å². The average Bonchev–Trinajstić information content (AvgIpc) is 2.37. The van der Waals surface area contributed by atoms with E-state index in [1.165, 1.54) is 18.2 Å².